The molecule has 0 atom stereocenters. The minimum Gasteiger partial charge on any atom is -0.450 e. The van der Waals surface area contributed by atoms with Crippen LogP contribution >= 0.6 is 0 Å². The summed E-state index contributed by atoms with van der Waals surface area (Å²) in [7, 11) is 0. The molecular formula is C19H38N6O2. The quantitative estimate of drug-likeness (QED) is 0.501. The third-order valence-corrected chi connectivity index (χ3v) is 5.30. The second kappa shape index (κ2) is 12.0. The first kappa shape index (κ1) is 21.8. The van der Waals surface area contributed by atoms with E-state index in [0.29, 0.717) is 12.6 Å². The molecular weight excluding hydrogens is 344 g/mol. The average molecular weight is 383 g/mol. The molecule has 0 spiro atoms. The highest BCUT2D eigenvalue weighted by Gasteiger charge is 2.24. The first-order valence-corrected chi connectivity index (χ1v) is 10.6. The number of rotatable bonds is 7. The first-order valence-electron chi connectivity index (χ1n) is 10.6. The highest BCUT2D eigenvalue weighted by molar-refractivity contribution is 5.80. The third kappa shape index (κ3) is 7.54. The summed E-state index contributed by atoms with van der Waals surface area (Å²) in [5.41, 5.74) is 0. The van der Waals surface area contributed by atoms with Crippen molar-refractivity contribution in [2.45, 2.75) is 39.7 Å². The summed E-state index contributed by atoms with van der Waals surface area (Å²) in [6.07, 6.45) is 1.64. The van der Waals surface area contributed by atoms with Crippen molar-refractivity contribution in [1.29, 1.82) is 0 Å². The fourth-order valence-corrected chi connectivity index (χ4v) is 3.57. The SMILES string of the molecule is CCNC(=NCCN1CCN(CC)CC1)NC1CCN(C(=O)OCC)CC1. The predicted molar refractivity (Wildman–Crippen MR) is 109 cm³/mol. The summed E-state index contributed by atoms with van der Waals surface area (Å²) in [6, 6.07) is 0.349. The summed E-state index contributed by atoms with van der Waals surface area (Å²) in [4.78, 5) is 23.3. The number of aliphatic imine (C=N–C) groups is 1. The largest absolute Gasteiger partial charge is 0.450 e. The number of hydrogen-bond acceptors (Lipinski definition) is 5. The number of likely N-dealkylation sites (N-methyl/N-ethyl adjacent to an activating group) is 1. The normalized spacial score (nSPS) is 20.6. The fourth-order valence-electron chi connectivity index (χ4n) is 3.57. The van der Waals surface area contributed by atoms with Gasteiger partial charge in [-0.25, -0.2) is 4.79 Å². The molecule has 2 N–H and O–H groups in total. The molecule has 0 bridgehead atoms. The van der Waals surface area contributed by atoms with Crippen LogP contribution in [0.4, 0.5) is 4.79 Å². The molecule has 2 saturated heterocycles. The Morgan fingerprint density at radius 3 is 2.30 bits per heavy atom. The van der Waals surface area contributed by atoms with Gasteiger partial charge in [-0.15, -0.1) is 0 Å². The molecule has 2 aliphatic rings. The Morgan fingerprint density at radius 1 is 1.04 bits per heavy atom. The molecule has 0 saturated carbocycles. The van der Waals surface area contributed by atoms with Crippen LogP contribution in [0.5, 0.6) is 0 Å². The van der Waals surface area contributed by atoms with Crippen molar-refractivity contribution in [2.75, 3.05) is 72.1 Å². The topological polar surface area (TPSA) is 72.4 Å². The van der Waals surface area contributed by atoms with Crippen molar-refractivity contribution >= 4 is 12.1 Å². The first-order chi connectivity index (χ1) is 13.2. The summed E-state index contributed by atoms with van der Waals surface area (Å²) in [5.74, 6) is 0.888. The fraction of sp³-hybridized carbons (Fsp3) is 0.895. The van der Waals surface area contributed by atoms with Gasteiger partial charge in [-0.05, 0) is 33.2 Å². The molecule has 0 radical (unpaired) electrons. The third-order valence-electron chi connectivity index (χ3n) is 5.30. The molecule has 0 unspecified atom stereocenters. The number of amides is 1. The Morgan fingerprint density at radius 2 is 1.70 bits per heavy atom. The molecule has 2 heterocycles. The smallest absolute Gasteiger partial charge is 0.409 e. The second-order valence-corrected chi connectivity index (χ2v) is 7.14. The van der Waals surface area contributed by atoms with Crippen molar-refractivity contribution < 1.29 is 9.53 Å². The van der Waals surface area contributed by atoms with Crippen LogP contribution in [0.3, 0.4) is 0 Å². The van der Waals surface area contributed by atoms with Gasteiger partial charge < -0.3 is 25.2 Å². The Bertz CT molecular complexity index is 457. The summed E-state index contributed by atoms with van der Waals surface area (Å²) < 4.78 is 5.08. The zero-order valence-electron chi connectivity index (χ0n) is 17.4. The van der Waals surface area contributed by atoms with Crippen LogP contribution in [-0.4, -0.2) is 105 Å². The molecule has 2 rings (SSSR count). The van der Waals surface area contributed by atoms with E-state index in [2.05, 4.69) is 34.3 Å². The van der Waals surface area contributed by atoms with E-state index in [1.165, 1.54) is 0 Å². The van der Waals surface area contributed by atoms with Crippen LogP contribution in [0, 0.1) is 0 Å². The molecule has 0 aliphatic carbocycles. The van der Waals surface area contributed by atoms with Gasteiger partial charge in [-0.1, -0.05) is 6.92 Å². The van der Waals surface area contributed by atoms with Crippen LogP contribution in [0.25, 0.3) is 0 Å². The van der Waals surface area contributed by atoms with E-state index in [4.69, 9.17) is 9.73 Å². The Kier molecular flexibility index (Phi) is 9.69. The van der Waals surface area contributed by atoms with Crippen LogP contribution in [0.2, 0.25) is 0 Å². The molecule has 0 aromatic carbocycles. The van der Waals surface area contributed by atoms with Gasteiger partial charge >= 0.3 is 6.09 Å². The van der Waals surface area contributed by atoms with Gasteiger partial charge in [0, 0.05) is 58.4 Å². The van der Waals surface area contributed by atoms with Crippen molar-refractivity contribution in [3.05, 3.63) is 0 Å². The summed E-state index contributed by atoms with van der Waals surface area (Å²) in [6.45, 7) is 16.5. The number of carbonyl (C=O) groups excluding carboxylic acids is 1. The molecule has 2 fully saturated rings. The molecule has 1 amide bonds. The van der Waals surface area contributed by atoms with Crippen LogP contribution in [0.15, 0.2) is 4.99 Å². The van der Waals surface area contributed by atoms with Crippen LogP contribution < -0.4 is 10.6 Å². The maximum atomic E-state index is 11.8. The molecule has 8 nitrogen and oxygen atoms in total. The van der Waals surface area contributed by atoms with Gasteiger partial charge in [-0.3, -0.25) is 9.89 Å². The van der Waals surface area contributed by atoms with Crippen molar-refractivity contribution in [2.24, 2.45) is 4.99 Å². The molecule has 156 valence electrons. The van der Waals surface area contributed by atoms with E-state index in [1.54, 1.807) is 4.90 Å². The lowest BCUT2D eigenvalue weighted by Gasteiger charge is -2.34. The zero-order valence-corrected chi connectivity index (χ0v) is 17.4. The summed E-state index contributed by atoms with van der Waals surface area (Å²) >= 11 is 0. The summed E-state index contributed by atoms with van der Waals surface area (Å²) in [5, 5.41) is 6.88. The van der Waals surface area contributed by atoms with Crippen molar-refractivity contribution in [3.63, 3.8) is 0 Å². The van der Waals surface area contributed by atoms with E-state index in [-0.39, 0.29) is 6.09 Å². The van der Waals surface area contributed by atoms with E-state index < -0.39 is 0 Å². The molecule has 27 heavy (non-hydrogen) atoms. The molecule has 0 aromatic rings. The van der Waals surface area contributed by atoms with E-state index in [9.17, 15) is 4.79 Å². The maximum Gasteiger partial charge on any atom is 0.409 e. The zero-order chi connectivity index (χ0) is 19.5. The highest BCUT2D eigenvalue weighted by atomic mass is 16.6. The molecule has 8 heteroatoms. The number of nitrogens with zero attached hydrogens (tertiary/aromatic N) is 4. The minimum absolute atomic E-state index is 0.195. The van der Waals surface area contributed by atoms with Gasteiger partial charge in [0.25, 0.3) is 0 Å². The highest BCUT2D eigenvalue weighted by Crippen LogP contribution is 2.11. The molecule has 0 aromatic heterocycles. The van der Waals surface area contributed by atoms with Crippen molar-refractivity contribution in [1.82, 2.24) is 25.3 Å². The maximum absolute atomic E-state index is 11.8. The number of guanidine groups is 1. The predicted octanol–water partition coefficient (Wildman–Crippen LogP) is 0.800. The van der Waals surface area contributed by atoms with Gasteiger partial charge in [0.15, 0.2) is 5.96 Å². The van der Waals surface area contributed by atoms with Gasteiger partial charge in [0.05, 0.1) is 13.2 Å². The Hall–Kier alpha value is -1.54. The number of piperazine rings is 1. The van der Waals surface area contributed by atoms with E-state index >= 15 is 0 Å². The number of likely N-dealkylation sites (tertiary alicyclic amines) is 1. The van der Waals surface area contributed by atoms with E-state index in [1.807, 2.05) is 6.92 Å². The van der Waals surface area contributed by atoms with Crippen LogP contribution in [-0.2, 0) is 4.74 Å². The van der Waals surface area contributed by atoms with Crippen molar-refractivity contribution in [3.8, 4) is 0 Å². The lowest BCUT2D eigenvalue weighted by molar-refractivity contribution is 0.0963. The Balaban J connectivity index is 1.71. The number of piperidine rings is 1. The number of hydrogen-bond donors (Lipinski definition) is 2. The lowest BCUT2D eigenvalue weighted by atomic mass is 10.1. The molecule has 2 aliphatic heterocycles. The van der Waals surface area contributed by atoms with Crippen LogP contribution in [0.1, 0.15) is 33.6 Å². The number of ether oxygens (including phenoxy) is 1. The second-order valence-electron chi connectivity index (χ2n) is 7.14. The lowest BCUT2D eigenvalue weighted by Crippen LogP contribution is -2.50. The van der Waals surface area contributed by atoms with E-state index in [0.717, 1.165) is 84.2 Å². The van der Waals surface area contributed by atoms with Gasteiger partial charge in [0.2, 0.25) is 0 Å². The van der Waals surface area contributed by atoms with Gasteiger partial charge in [-0.2, -0.15) is 0 Å². The number of carbonyl (C=O) groups is 1. The minimum atomic E-state index is -0.195. The standard InChI is InChI=1S/C19H38N6O2/c1-4-20-18(21-9-12-24-15-13-23(5-2)14-16-24)22-17-7-10-25(11-8-17)19(26)27-6-3/h17H,4-16H2,1-3H3,(H2,20,21,22). The van der Waals surface area contributed by atoms with Gasteiger partial charge in [0.1, 0.15) is 0 Å². The Labute approximate surface area is 164 Å². The average Bonchev–Trinajstić information content (AvgIpc) is 2.69. The monoisotopic (exact) mass is 382 g/mol. The number of nitrogens with one attached hydrogen (secondary N) is 2.